The lowest BCUT2D eigenvalue weighted by molar-refractivity contribution is -0.138. The zero-order valence-corrected chi connectivity index (χ0v) is 11.9. The minimum Gasteiger partial charge on any atom is -0.481 e. The highest BCUT2D eigenvalue weighted by atomic mass is 16.4. The molecule has 0 saturated carbocycles. The molecule has 2 aliphatic heterocycles. The van der Waals surface area contributed by atoms with Crippen molar-refractivity contribution in [2.24, 2.45) is 5.92 Å². The molecule has 0 aliphatic carbocycles. The first kappa shape index (κ1) is 13.6. The van der Waals surface area contributed by atoms with Crippen LogP contribution in [-0.2, 0) is 4.79 Å². The molecule has 2 aliphatic rings. The maximum atomic E-state index is 10.9. The van der Waals surface area contributed by atoms with Gasteiger partial charge < -0.3 is 5.11 Å². The summed E-state index contributed by atoms with van der Waals surface area (Å²) in [6.45, 7) is 2.23. The van der Waals surface area contributed by atoms with Gasteiger partial charge in [0.25, 0.3) is 0 Å². The number of hydrogen-bond donors (Lipinski definition) is 1. The molecule has 3 unspecified atom stereocenters. The minimum absolute atomic E-state index is 0.332. The van der Waals surface area contributed by atoms with Crippen LogP contribution in [0.15, 0.2) is 24.4 Å². The summed E-state index contributed by atoms with van der Waals surface area (Å²) < 4.78 is 0. The monoisotopic (exact) mass is 274 g/mol. The van der Waals surface area contributed by atoms with Crippen LogP contribution in [-0.4, -0.2) is 33.0 Å². The Hall–Kier alpha value is -1.42. The van der Waals surface area contributed by atoms with Crippen molar-refractivity contribution in [3.8, 4) is 0 Å². The number of hydrogen-bond acceptors (Lipinski definition) is 3. The number of carboxylic acids is 1. The van der Waals surface area contributed by atoms with Crippen molar-refractivity contribution in [3.63, 3.8) is 0 Å². The summed E-state index contributed by atoms with van der Waals surface area (Å²) in [6.07, 6.45) is 6.65. The normalized spacial score (nSPS) is 31.1. The summed E-state index contributed by atoms with van der Waals surface area (Å²) in [6, 6.07) is 7.49. The third-order valence-corrected chi connectivity index (χ3v) is 4.91. The van der Waals surface area contributed by atoms with Crippen LogP contribution >= 0.6 is 0 Å². The van der Waals surface area contributed by atoms with Gasteiger partial charge in [0.15, 0.2) is 0 Å². The first-order valence-corrected chi connectivity index (χ1v) is 7.55. The van der Waals surface area contributed by atoms with Gasteiger partial charge in [-0.05, 0) is 50.7 Å². The second kappa shape index (κ2) is 5.52. The van der Waals surface area contributed by atoms with Crippen LogP contribution in [0.3, 0.4) is 0 Å². The quantitative estimate of drug-likeness (QED) is 0.917. The predicted octanol–water partition coefficient (Wildman–Crippen LogP) is 2.86. The molecule has 0 amide bonds. The molecule has 108 valence electrons. The van der Waals surface area contributed by atoms with Crippen LogP contribution in [0.4, 0.5) is 0 Å². The largest absolute Gasteiger partial charge is 0.481 e. The zero-order chi connectivity index (χ0) is 14.1. The molecule has 4 heteroatoms. The van der Waals surface area contributed by atoms with Gasteiger partial charge in [-0.3, -0.25) is 14.7 Å². The summed E-state index contributed by atoms with van der Waals surface area (Å²) in [7, 11) is 0. The number of pyridine rings is 1. The third kappa shape index (κ3) is 2.57. The van der Waals surface area contributed by atoms with Gasteiger partial charge in [-0.1, -0.05) is 6.07 Å². The first-order valence-electron chi connectivity index (χ1n) is 7.55. The Labute approximate surface area is 119 Å². The number of piperidine rings is 1. The molecular formula is C16H22N2O2. The molecule has 2 saturated heterocycles. The average molecular weight is 274 g/mol. The van der Waals surface area contributed by atoms with E-state index in [9.17, 15) is 4.79 Å². The molecule has 3 heterocycles. The van der Waals surface area contributed by atoms with Crippen molar-refractivity contribution in [1.29, 1.82) is 0 Å². The number of fused-ring (bicyclic) bond motifs is 2. The van der Waals surface area contributed by atoms with Crippen molar-refractivity contribution in [2.75, 3.05) is 0 Å². The topological polar surface area (TPSA) is 53.4 Å². The number of carboxylic acid groups (broad SMARTS) is 1. The molecule has 0 aromatic carbocycles. The van der Waals surface area contributed by atoms with Gasteiger partial charge in [0.1, 0.15) is 0 Å². The van der Waals surface area contributed by atoms with Gasteiger partial charge in [0.2, 0.25) is 0 Å². The SMILES string of the molecule is CC(c1ccccn1)N1C2CCC1CC(CC(=O)O)C2. The van der Waals surface area contributed by atoms with E-state index in [1.165, 1.54) is 12.8 Å². The van der Waals surface area contributed by atoms with Crippen molar-refractivity contribution >= 4 is 5.97 Å². The number of rotatable bonds is 4. The molecule has 3 rings (SSSR count). The summed E-state index contributed by atoms with van der Waals surface area (Å²) >= 11 is 0. The minimum atomic E-state index is -0.652. The summed E-state index contributed by atoms with van der Waals surface area (Å²) in [5.41, 5.74) is 1.13. The van der Waals surface area contributed by atoms with Gasteiger partial charge in [-0.15, -0.1) is 0 Å². The van der Waals surface area contributed by atoms with E-state index >= 15 is 0 Å². The van der Waals surface area contributed by atoms with Crippen LogP contribution in [0.2, 0.25) is 0 Å². The molecule has 3 atom stereocenters. The molecule has 1 aromatic rings. The van der Waals surface area contributed by atoms with Crippen molar-refractivity contribution in [2.45, 2.75) is 57.2 Å². The second-order valence-electron chi connectivity index (χ2n) is 6.20. The molecular weight excluding hydrogens is 252 g/mol. The van der Waals surface area contributed by atoms with Crippen molar-refractivity contribution in [3.05, 3.63) is 30.1 Å². The summed E-state index contributed by atoms with van der Waals surface area (Å²) in [5.74, 6) is -0.294. The molecule has 0 spiro atoms. The number of aromatic nitrogens is 1. The van der Waals surface area contributed by atoms with E-state index in [1.54, 1.807) is 0 Å². The highest BCUT2D eigenvalue weighted by Gasteiger charge is 2.43. The van der Waals surface area contributed by atoms with Crippen LogP contribution in [0.25, 0.3) is 0 Å². The van der Waals surface area contributed by atoms with E-state index in [0.717, 1.165) is 18.5 Å². The molecule has 0 radical (unpaired) electrons. The fraction of sp³-hybridized carbons (Fsp3) is 0.625. The fourth-order valence-corrected chi connectivity index (χ4v) is 4.15. The molecule has 1 aromatic heterocycles. The van der Waals surface area contributed by atoms with Crippen molar-refractivity contribution in [1.82, 2.24) is 9.88 Å². The summed E-state index contributed by atoms with van der Waals surface area (Å²) in [4.78, 5) is 18.0. The Bertz CT molecular complexity index is 463. The Balaban J connectivity index is 1.72. The third-order valence-electron chi connectivity index (χ3n) is 4.91. The number of carbonyl (C=O) groups is 1. The fourth-order valence-electron chi connectivity index (χ4n) is 4.15. The summed E-state index contributed by atoms with van der Waals surface area (Å²) in [5, 5.41) is 8.99. The number of nitrogens with zero attached hydrogens (tertiary/aromatic N) is 2. The van der Waals surface area contributed by atoms with Crippen molar-refractivity contribution < 1.29 is 9.90 Å². The molecule has 1 N–H and O–H groups in total. The number of aliphatic carboxylic acids is 1. The van der Waals surface area contributed by atoms with Gasteiger partial charge in [0.05, 0.1) is 5.69 Å². The Morgan fingerprint density at radius 2 is 2.10 bits per heavy atom. The van der Waals surface area contributed by atoms with E-state index in [0.29, 0.717) is 30.5 Å². The second-order valence-corrected chi connectivity index (χ2v) is 6.20. The van der Waals surface area contributed by atoms with Crippen LogP contribution in [0.1, 0.15) is 50.8 Å². The maximum absolute atomic E-state index is 10.9. The van der Waals surface area contributed by atoms with Crippen LogP contribution in [0.5, 0.6) is 0 Å². The maximum Gasteiger partial charge on any atom is 0.303 e. The molecule has 2 bridgehead atoms. The average Bonchev–Trinajstić information content (AvgIpc) is 2.70. The Morgan fingerprint density at radius 1 is 1.40 bits per heavy atom. The highest BCUT2D eigenvalue weighted by molar-refractivity contribution is 5.67. The van der Waals surface area contributed by atoms with E-state index in [1.807, 2.05) is 18.3 Å². The highest BCUT2D eigenvalue weighted by Crippen LogP contribution is 2.44. The lowest BCUT2D eigenvalue weighted by atomic mass is 9.87. The van der Waals surface area contributed by atoms with Crippen LogP contribution in [0, 0.1) is 5.92 Å². The standard InChI is InChI=1S/C16H22N2O2/c1-11(15-4-2-3-7-17-15)18-13-5-6-14(18)9-12(8-13)10-16(19)20/h2-4,7,11-14H,5-6,8-10H2,1H3,(H,19,20). The van der Waals surface area contributed by atoms with E-state index in [-0.39, 0.29) is 0 Å². The van der Waals surface area contributed by atoms with E-state index < -0.39 is 5.97 Å². The van der Waals surface area contributed by atoms with Gasteiger partial charge >= 0.3 is 5.97 Å². The van der Waals surface area contributed by atoms with Gasteiger partial charge in [0, 0.05) is 30.7 Å². The van der Waals surface area contributed by atoms with Crippen LogP contribution < -0.4 is 0 Å². The van der Waals surface area contributed by atoms with Gasteiger partial charge in [-0.25, -0.2) is 0 Å². The molecule has 20 heavy (non-hydrogen) atoms. The molecule has 4 nitrogen and oxygen atoms in total. The lowest BCUT2D eigenvalue weighted by Gasteiger charge is -2.42. The van der Waals surface area contributed by atoms with E-state index in [4.69, 9.17) is 5.11 Å². The Morgan fingerprint density at radius 3 is 2.65 bits per heavy atom. The predicted molar refractivity (Wildman–Crippen MR) is 76.3 cm³/mol. The zero-order valence-electron chi connectivity index (χ0n) is 11.9. The Kier molecular flexibility index (Phi) is 3.74. The molecule has 2 fully saturated rings. The van der Waals surface area contributed by atoms with Gasteiger partial charge in [-0.2, -0.15) is 0 Å². The first-order chi connectivity index (χ1) is 9.65. The lowest BCUT2D eigenvalue weighted by Crippen LogP contribution is -2.44. The smallest absolute Gasteiger partial charge is 0.303 e. The van der Waals surface area contributed by atoms with E-state index in [2.05, 4.69) is 22.9 Å².